The van der Waals surface area contributed by atoms with Crippen LogP contribution in [0.25, 0.3) is 0 Å². The SMILES string of the molecule is CCO[Si](CCCSSCCC[Si](OCC)(OCC)OCC)(OCC)OCC.CO[SiH](OC)C(C)SSC(C)[SiH](OC)OC. The van der Waals surface area contributed by atoms with Crippen LogP contribution >= 0.6 is 43.2 Å². The number of hydrogen-bond donors (Lipinski definition) is 0. The summed E-state index contributed by atoms with van der Waals surface area (Å²) in [6, 6.07) is 1.76. The average Bonchev–Trinajstić information content (AvgIpc) is 3.00. The van der Waals surface area contributed by atoms with Crippen LogP contribution in [0.2, 0.25) is 12.1 Å². The topological polar surface area (TPSA) is 92.3 Å². The molecule has 44 heavy (non-hydrogen) atoms. The van der Waals surface area contributed by atoms with Crippen molar-refractivity contribution < 1.29 is 44.3 Å². The van der Waals surface area contributed by atoms with Crippen molar-refractivity contribution in [3.05, 3.63) is 0 Å². The molecule has 0 N–H and O–H groups in total. The van der Waals surface area contributed by atoms with Gasteiger partial charge in [-0.05, 0) is 54.4 Å². The van der Waals surface area contributed by atoms with Crippen molar-refractivity contribution in [1.82, 2.24) is 0 Å². The van der Waals surface area contributed by atoms with Crippen molar-refractivity contribution in [2.24, 2.45) is 0 Å². The lowest BCUT2D eigenvalue weighted by molar-refractivity contribution is 0.0704. The molecular formula is C26H64O10S4Si4. The highest BCUT2D eigenvalue weighted by Gasteiger charge is 2.40. The normalized spacial score (nSPS) is 13.8. The van der Waals surface area contributed by atoms with Crippen LogP contribution in [-0.2, 0) is 44.3 Å². The second-order valence-corrected chi connectivity index (χ2v) is 26.6. The molecule has 0 aliphatic heterocycles. The largest absolute Gasteiger partial charge is 0.500 e. The Hall–Kier alpha value is 1.87. The zero-order valence-electron chi connectivity index (χ0n) is 29.5. The van der Waals surface area contributed by atoms with E-state index in [-0.39, 0.29) is 0 Å². The summed E-state index contributed by atoms with van der Waals surface area (Å²) < 4.78 is 56.8. The van der Waals surface area contributed by atoms with Gasteiger partial charge in [0.25, 0.3) is 0 Å². The smallest absolute Gasteiger partial charge is 0.399 e. The number of hydrogen-bond acceptors (Lipinski definition) is 14. The van der Waals surface area contributed by atoms with E-state index in [4.69, 9.17) is 44.3 Å². The number of rotatable bonds is 30. The predicted molar refractivity (Wildman–Crippen MR) is 201 cm³/mol. The Morgan fingerprint density at radius 2 is 0.727 bits per heavy atom. The van der Waals surface area contributed by atoms with E-state index in [0.717, 1.165) is 36.4 Å². The molecule has 0 aromatic rings. The van der Waals surface area contributed by atoms with Crippen LogP contribution in [0.1, 0.15) is 68.2 Å². The summed E-state index contributed by atoms with van der Waals surface area (Å²) in [4.78, 5) is 0.816. The molecule has 0 aromatic heterocycles. The van der Waals surface area contributed by atoms with Crippen molar-refractivity contribution in [3.63, 3.8) is 0 Å². The van der Waals surface area contributed by atoms with E-state index in [2.05, 4.69) is 13.8 Å². The fraction of sp³-hybridized carbons (Fsp3) is 1.00. The molecule has 18 heteroatoms. The van der Waals surface area contributed by atoms with Crippen LogP contribution in [0.3, 0.4) is 0 Å². The first kappa shape index (κ1) is 48.0. The third kappa shape index (κ3) is 22.5. The van der Waals surface area contributed by atoms with E-state index in [1.807, 2.05) is 63.1 Å². The molecule has 0 rings (SSSR count). The minimum absolute atomic E-state index is 0.408. The van der Waals surface area contributed by atoms with Gasteiger partial charge in [-0.15, -0.1) is 0 Å². The molecule has 0 aromatic carbocycles. The minimum Gasteiger partial charge on any atom is -0.399 e. The van der Waals surface area contributed by atoms with Crippen LogP contribution in [0.5, 0.6) is 0 Å². The van der Waals surface area contributed by atoms with E-state index < -0.39 is 36.2 Å². The van der Waals surface area contributed by atoms with Gasteiger partial charge in [0.15, 0.2) is 0 Å². The van der Waals surface area contributed by atoms with Crippen molar-refractivity contribution in [2.75, 3.05) is 79.6 Å². The fourth-order valence-corrected chi connectivity index (χ4v) is 20.1. The van der Waals surface area contributed by atoms with Crippen molar-refractivity contribution >= 4 is 79.4 Å². The van der Waals surface area contributed by atoms with Crippen LogP contribution < -0.4 is 0 Å². The molecule has 2 atom stereocenters. The summed E-state index contributed by atoms with van der Waals surface area (Å²) in [5.74, 6) is 2.13. The Balaban J connectivity index is 0. The first-order valence-corrected chi connectivity index (χ1v) is 27.5. The van der Waals surface area contributed by atoms with Gasteiger partial charge in [-0.25, -0.2) is 0 Å². The summed E-state index contributed by atoms with van der Waals surface area (Å²) in [6.45, 7) is 20.1. The van der Waals surface area contributed by atoms with Gasteiger partial charge >= 0.3 is 36.2 Å². The Kier molecular flexibility index (Phi) is 35.0. The third-order valence-corrected chi connectivity index (χ3v) is 24.2. The summed E-state index contributed by atoms with van der Waals surface area (Å²) in [6.07, 6.45) is 2.08. The first-order chi connectivity index (χ1) is 21.2. The Labute approximate surface area is 291 Å². The van der Waals surface area contributed by atoms with Gasteiger partial charge in [0.05, 0.1) is 9.75 Å². The fourth-order valence-electron chi connectivity index (χ4n) is 4.04. The molecule has 0 radical (unpaired) electrons. The third-order valence-electron chi connectivity index (χ3n) is 5.75. The van der Waals surface area contributed by atoms with E-state index in [0.29, 0.717) is 49.4 Å². The van der Waals surface area contributed by atoms with E-state index in [1.54, 1.807) is 50.0 Å². The van der Waals surface area contributed by atoms with Crippen LogP contribution in [0, 0.1) is 0 Å². The van der Waals surface area contributed by atoms with Crippen molar-refractivity contribution in [1.29, 1.82) is 0 Å². The highest BCUT2D eigenvalue weighted by Crippen LogP contribution is 2.33. The van der Waals surface area contributed by atoms with Gasteiger partial charge in [-0.3, -0.25) is 0 Å². The summed E-state index contributed by atoms with van der Waals surface area (Å²) in [7, 11) is 6.26. The maximum atomic E-state index is 5.90. The Bertz CT molecular complexity index is 537. The second-order valence-electron chi connectivity index (χ2n) is 9.10. The molecule has 0 heterocycles. The van der Waals surface area contributed by atoms with Gasteiger partial charge in [0.1, 0.15) is 0 Å². The van der Waals surface area contributed by atoms with E-state index >= 15 is 0 Å². The first-order valence-electron chi connectivity index (χ1n) is 15.7. The van der Waals surface area contributed by atoms with Gasteiger partial charge in [-0.2, -0.15) is 0 Å². The highest BCUT2D eigenvalue weighted by molar-refractivity contribution is 8.77. The Morgan fingerprint density at radius 1 is 0.477 bits per heavy atom. The molecule has 0 spiro atoms. The van der Waals surface area contributed by atoms with Crippen LogP contribution in [0.4, 0.5) is 0 Å². The molecule has 10 nitrogen and oxygen atoms in total. The standard InChI is InChI=1S/C18H42O6S2Si2.C8H22O4S2Si2/c1-7-19-27(20-8-2,21-9-3)17-13-15-25-26-16-14-18-28(22-10-4,23-11-5)24-12-6;1-7(15(9-3)10-4)13-14-8(2)16(11-5)12-6/h7-18H2,1-6H3;7-8,15-16H,1-6H3. The highest BCUT2D eigenvalue weighted by atomic mass is 33.1. The summed E-state index contributed by atoms with van der Waals surface area (Å²) >= 11 is 0. The summed E-state index contributed by atoms with van der Waals surface area (Å²) in [5.41, 5.74) is 0. The zero-order valence-corrected chi connectivity index (χ0v) is 37.1. The maximum absolute atomic E-state index is 5.90. The van der Waals surface area contributed by atoms with Crippen LogP contribution in [-0.4, -0.2) is 126 Å². The lowest BCUT2D eigenvalue weighted by atomic mass is 10.6. The average molecular weight is 777 g/mol. The predicted octanol–water partition coefficient (Wildman–Crippen LogP) is 6.49. The van der Waals surface area contributed by atoms with Gasteiger partial charge in [0, 0.05) is 91.7 Å². The lowest BCUT2D eigenvalue weighted by Crippen LogP contribution is -2.46. The minimum atomic E-state index is -2.49. The molecule has 0 aliphatic rings. The quantitative estimate of drug-likeness (QED) is 0.0452. The van der Waals surface area contributed by atoms with Crippen LogP contribution in [0.15, 0.2) is 0 Å². The van der Waals surface area contributed by atoms with Gasteiger partial charge in [-0.1, -0.05) is 57.0 Å². The molecule has 0 fully saturated rings. The molecule has 268 valence electrons. The summed E-state index contributed by atoms with van der Waals surface area (Å²) in [5, 5.41) is 0. The molecular weight excluding hydrogens is 713 g/mol. The maximum Gasteiger partial charge on any atom is 0.500 e. The Morgan fingerprint density at radius 3 is 0.932 bits per heavy atom. The zero-order chi connectivity index (χ0) is 33.7. The lowest BCUT2D eigenvalue weighted by Gasteiger charge is -2.28. The van der Waals surface area contributed by atoms with Gasteiger partial charge in [0.2, 0.25) is 0 Å². The molecule has 0 saturated carbocycles. The van der Waals surface area contributed by atoms with Gasteiger partial charge < -0.3 is 44.3 Å². The molecule has 0 saturated heterocycles. The van der Waals surface area contributed by atoms with E-state index in [9.17, 15) is 0 Å². The van der Waals surface area contributed by atoms with E-state index in [1.165, 1.54) is 0 Å². The molecule has 0 amide bonds. The second kappa shape index (κ2) is 32.1. The molecule has 0 bridgehead atoms. The van der Waals surface area contributed by atoms with Crippen molar-refractivity contribution in [2.45, 2.75) is 90.1 Å². The molecule has 0 aliphatic carbocycles. The van der Waals surface area contributed by atoms with Crippen molar-refractivity contribution in [3.8, 4) is 0 Å². The molecule has 2 unspecified atom stereocenters. The monoisotopic (exact) mass is 776 g/mol.